The lowest BCUT2D eigenvalue weighted by Crippen LogP contribution is -2.46. The van der Waals surface area contributed by atoms with Crippen molar-refractivity contribution >= 4 is 11.7 Å². The molecule has 0 saturated carbocycles. The first-order chi connectivity index (χ1) is 7.80. The van der Waals surface area contributed by atoms with Crippen LogP contribution in [0.2, 0.25) is 0 Å². The van der Waals surface area contributed by atoms with Gasteiger partial charge in [-0.05, 0) is 13.1 Å². The predicted molar refractivity (Wildman–Crippen MR) is 67.7 cm³/mol. The third kappa shape index (κ3) is 4.30. The SMILES string of the molecule is CN1CCN(C(=O)/C=C/C(=O)C(C)(C)C)CC1. The number of allylic oxidation sites excluding steroid dienone is 1. The molecule has 0 aromatic carbocycles. The van der Waals surface area contributed by atoms with E-state index in [4.69, 9.17) is 0 Å². The highest BCUT2D eigenvalue weighted by molar-refractivity contribution is 6.00. The predicted octanol–water partition coefficient (Wildman–Crippen LogP) is 0.932. The molecule has 1 aliphatic rings. The van der Waals surface area contributed by atoms with Gasteiger partial charge in [-0.3, -0.25) is 9.59 Å². The van der Waals surface area contributed by atoms with Crippen LogP contribution in [-0.2, 0) is 9.59 Å². The van der Waals surface area contributed by atoms with E-state index in [1.807, 2.05) is 27.8 Å². The molecular formula is C13H22N2O2. The summed E-state index contributed by atoms with van der Waals surface area (Å²) >= 11 is 0. The van der Waals surface area contributed by atoms with Crippen molar-refractivity contribution in [1.29, 1.82) is 0 Å². The standard InChI is InChI=1S/C13H22N2O2/c1-13(2,3)11(16)5-6-12(17)15-9-7-14(4)8-10-15/h5-6H,7-10H2,1-4H3/b6-5+. The van der Waals surface area contributed by atoms with Crippen molar-refractivity contribution in [3.8, 4) is 0 Å². The Morgan fingerprint density at radius 2 is 1.53 bits per heavy atom. The summed E-state index contributed by atoms with van der Waals surface area (Å²) in [6.45, 7) is 8.81. The number of hydrogen-bond acceptors (Lipinski definition) is 3. The number of carbonyl (C=O) groups excluding carboxylic acids is 2. The van der Waals surface area contributed by atoms with Crippen LogP contribution in [-0.4, -0.2) is 54.7 Å². The summed E-state index contributed by atoms with van der Waals surface area (Å²) in [7, 11) is 2.04. The Labute approximate surface area is 103 Å². The maximum absolute atomic E-state index is 11.8. The van der Waals surface area contributed by atoms with Gasteiger partial charge in [0.25, 0.3) is 0 Å². The summed E-state index contributed by atoms with van der Waals surface area (Å²) in [5, 5.41) is 0. The van der Waals surface area contributed by atoms with E-state index in [2.05, 4.69) is 4.90 Å². The van der Waals surface area contributed by atoms with E-state index in [0.29, 0.717) is 0 Å². The second-order valence-electron chi connectivity index (χ2n) is 5.58. The molecule has 0 aliphatic carbocycles. The van der Waals surface area contributed by atoms with Crippen LogP contribution in [0.3, 0.4) is 0 Å². The summed E-state index contributed by atoms with van der Waals surface area (Å²) in [6.07, 6.45) is 2.81. The number of piperazine rings is 1. The lowest BCUT2D eigenvalue weighted by atomic mass is 9.90. The minimum absolute atomic E-state index is 0.0139. The lowest BCUT2D eigenvalue weighted by molar-refractivity contribution is -0.128. The molecule has 0 aromatic rings. The van der Waals surface area contributed by atoms with Crippen LogP contribution in [0.25, 0.3) is 0 Å². The number of nitrogens with zero attached hydrogens (tertiary/aromatic N) is 2. The Bertz CT molecular complexity index is 321. The van der Waals surface area contributed by atoms with Crippen molar-refractivity contribution in [2.75, 3.05) is 33.2 Å². The zero-order valence-corrected chi connectivity index (χ0v) is 11.2. The fraction of sp³-hybridized carbons (Fsp3) is 0.692. The van der Waals surface area contributed by atoms with Gasteiger partial charge in [0, 0.05) is 37.7 Å². The molecule has 0 bridgehead atoms. The van der Waals surface area contributed by atoms with Crippen molar-refractivity contribution in [2.24, 2.45) is 5.41 Å². The third-order valence-electron chi connectivity index (χ3n) is 2.93. The van der Waals surface area contributed by atoms with Crippen LogP contribution >= 0.6 is 0 Å². The summed E-state index contributed by atoms with van der Waals surface area (Å²) < 4.78 is 0. The van der Waals surface area contributed by atoms with E-state index in [-0.39, 0.29) is 11.7 Å². The van der Waals surface area contributed by atoms with Gasteiger partial charge in [0.15, 0.2) is 5.78 Å². The highest BCUT2D eigenvalue weighted by Crippen LogP contribution is 2.15. The summed E-state index contributed by atoms with van der Waals surface area (Å²) in [6, 6.07) is 0. The van der Waals surface area contributed by atoms with Crippen LogP contribution in [0.15, 0.2) is 12.2 Å². The van der Waals surface area contributed by atoms with Crippen molar-refractivity contribution in [2.45, 2.75) is 20.8 Å². The Hall–Kier alpha value is -1.16. The molecule has 1 amide bonds. The fourth-order valence-electron chi connectivity index (χ4n) is 1.53. The summed E-state index contributed by atoms with van der Waals surface area (Å²) in [5.41, 5.74) is -0.418. The van der Waals surface area contributed by atoms with Gasteiger partial charge in [0.05, 0.1) is 0 Å². The highest BCUT2D eigenvalue weighted by Gasteiger charge is 2.20. The van der Waals surface area contributed by atoms with E-state index in [1.165, 1.54) is 12.2 Å². The van der Waals surface area contributed by atoms with E-state index < -0.39 is 5.41 Å². The van der Waals surface area contributed by atoms with Crippen molar-refractivity contribution in [1.82, 2.24) is 9.80 Å². The molecule has 1 saturated heterocycles. The quantitative estimate of drug-likeness (QED) is 0.672. The van der Waals surface area contributed by atoms with Gasteiger partial charge in [0.2, 0.25) is 5.91 Å². The molecule has 0 radical (unpaired) electrons. The molecule has 1 fully saturated rings. The van der Waals surface area contributed by atoms with E-state index in [0.717, 1.165) is 26.2 Å². The van der Waals surface area contributed by atoms with Crippen molar-refractivity contribution < 1.29 is 9.59 Å². The molecule has 0 unspecified atom stereocenters. The number of amides is 1. The summed E-state index contributed by atoms with van der Waals surface area (Å²) in [4.78, 5) is 27.4. The van der Waals surface area contributed by atoms with Gasteiger partial charge >= 0.3 is 0 Å². The van der Waals surface area contributed by atoms with Crippen LogP contribution in [0, 0.1) is 5.41 Å². The zero-order chi connectivity index (χ0) is 13.1. The molecule has 4 nitrogen and oxygen atoms in total. The molecule has 0 aromatic heterocycles. The molecule has 4 heteroatoms. The van der Waals surface area contributed by atoms with Gasteiger partial charge in [0.1, 0.15) is 0 Å². The van der Waals surface area contributed by atoms with Crippen LogP contribution < -0.4 is 0 Å². The second kappa shape index (κ2) is 5.45. The molecular weight excluding hydrogens is 216 g/mol. The van der Waals surface area contributed by atoms with Gasteiger partial charge in [-0.1, -0.05) is 20.8 Å². The maximum atomic E-state index is 11.8. The molecule has 17 heavy (non-hydrogen) atoms. The normalized spacial score (nSPS) is 18.7. The van der Waals surface area contributed by atoms with E-state index in [1.54, 1.807) is 4.90 Å². The Morgan fingerprint density at radius 3 is 2.00 bits per heavy atom. The first-order valence-corrected chi connectivity index (χ1v) is 6.00. The topological polar surface area (TPSA) is 40.6 Å². The number of ketones is 1. The minimum Gasteiger partial charge on any atom is -0.337 e. The van der Waals surface area contributed by atoms with Gasteiger partial charge in [-0.25, -0.2) is 0 Å². The van der Waals surface area contributed by atoms with E-state index >= 15 is 0 Å². The smallest absolute Gasteiger partial charge is 0.246 e. The number of hydrogen-bond donors (Lipinski definition) is 0. The molecule has 1 aliphatic heterocycles. The van der Waals surface area contributed by atoms with Crippen LogP contribution in [0.4, 0.5) is 0 Å². The first kappa shape index (κ1) is 13.9. The van der Waals surface area contributed by atoms with Gasteiger partial charge < -0.3 is 9.80 Å². The molecule has 0 spiro atoms. The lowest BCUT2D eigenvalue weighted by Gasteiger charge is -2.31. The number of rotatable bonds is 2. The van der Waals surface area contributed by atoms with Crippen LogP contribution in [0.5, 0.6) is 0 Å². The van der Waals surface area contributed by atoms with Crippen molar-refractivity contribution in [3.05, 3.63) is 12.2 Å². The van der Waals surface area contributed by atoms with Gasteiger partial charge in [-0.15, -0.1) is 0 Å². The average molecular weight is 238 g/mol. The third-order valence-corrected chi connectivity index (χ3v) is 2.93. The molecule has 1 rings (SSSR count). The molecule has 0 N–H and O–H groups in total. The second-order valence-corrected chi connectivity index (χ2v) is 5.58. The molecule has 1 heterocycles. The maximum Gasteiger partial charge on any atom is 0.246 e. The first-order valence-electron chi connectivity index (χ1n) is 6.00. The molecule has 0 atom stereocenters. The summed E-state index contributed by atoms with van der Waals surface area (Å²) in [5.74, 6) is -0.0734. The van der Waals surface area contributed by atoms with Crippen molar-refractivity contribution in [3.63, 3.8) is 0 Å². The number of likely N-dealkylation sites (N-methyl/N-ethyl adjacent to an activating group) is 1. The Morgan fingerprint density at radius 1 is 1.00 bits per heavy atom. The fourth-order valence-corrected chi connectivity index (χ4v) is 1.53. The van der Waals surface area contributed by atoms with Gasteiger partial charge in [-0.2, -0.15) is 0 Å². The van der Waals surface area contributed by atoms with Crippen LogP contribution in [0.1, 0.15) is 20.8 Å². The minimum atomic E-state index is -0.418. The van der Waals surface area contributed by atoms with E-state index in [9.17, 15) is 9.59 Å². The Kier molecular flexibility index (Phi) is 4.46. The number of carbonyl (C=O) groups is 2. The zero-order valence-electron chi connectivity index (χ0n) is 11.2. The monoisotopic (exact) mass is 238 g/mol. The Balaban J connectivity index is 2.49. The highest BCUT2D eigenvalue weighted by atomic mass is 16.2. The molecule has 96 valence electrons. The average Bonchev–Trinajstić information content (AvgIpc) is 2.25. The largest absolute Gasteiger partial charge is 0.337 e.